The van der Waals surface area contributed by atoms with Crippen LogP contribution in [0, 0.1) is 0 Å². The molecule has 0 unspecified atom stereocenters. The monoisotopic (exact) mass is 679 g/mol. The van der Waals surface area contributed by atoms with Crippen molar-refractivity contribution in [2.45, 2.75) is 207 Å². The molecule has 0 bridgehead atoms. The van der Waals surface area contributed by atoms with E-state index in [4.69, 9.17) is 0 Å². The molecule has 0 radical (unpaired) electrons. The molecule has 3 rings (SSSR count). The van der Waals surface area contributed by atoms with Crippen molar-refractivity contribution in [3.05, 3.63) is 82.9 Å². The molecular weight excluding hydrogens is 601 g/mol. The van der Waals surface area contributed by atoms with Gasteiger partial charge in [-0.3, -0.25) is 0 Å². The van der Waals surface area contributed by atoms with Gasteiger partial charge in [-0.15, -0.1) is 0 Å². The Kier molecular flexibility index (Phi) is 23.0. The summed E-state index contributed by atoms with van der Waals surface area (Å²) in [5.41, 5.74) is 11.9. The van der Waals surface area contributed by atoms with Crippen molar-refractivity contribution in [3.63, 3.8) is 0 Å². The van der Waals surface area contributed by atoms with Crippen LogP contribution in [0.4, 0.5) is 0 Å². The van der Waals surface area contributed by atoms with Crippen LogP contribution < -0.4 is 0 Å². The first kappa shape index (κ1) is 42.1. The van der Waals surface area contributed by atoms with Gasteiger partial charge in [-0.25, -0.2) is 0 Å². The number of unbranched alkanes of at least 4 members (excludes halogenated alkanes) is 20. The quantitative estimate of drug-likeness (QED) is 0.0616. The standard InChI is InChI=1S/C50H78/c1-5-9-13-17-21-25-29-43-33-35-45(31-27-23-19-15-11-7-3)49(41-43)47-37-39-48(40-38-47)50-42-44(30-26-22-18-14-10-6-2)34-36-46(50)32-28-24-20-16-12-8-4/h33-42H,5-32H2,1-4H3. The molecule has 0 aliphatic heterocycles. The van der Waals surface area contributed by atoms with E-state index in [0.717, 1.165) is 0 Å². The Morgan fingerprint density at radius 1 is 0.280 bits per heavy atom. The van der Waals surface area contributed by atoms with Crippen LogP contribution in [0.1, 0.15) is 204 Å². The molecule has 0 amide bonds. The average molecular weight is 679 g/mol. The molecule has 50 heavy (non-hydrogen) atoms. The van der Waals surface area contributed by atoms with Gasteiger partial charge in [0.25, 0.3) is 0 Å². The van der Waals surface area contributed by atoms with Crippen LogP contribution in [0.25, 0.3) is 22.3 Å². The van der Waals surface area contributed by atoms with Crippen LogP contribution in [0.5, 0.6) is 0 Å². The van der Waals surface area contributed by atoms with Gasteiger partial charge in [0.1, 0.15) is 0 Å². The summed E-state index contributed by atoms with van der Waals surface area (Å²) in [6.45, 7) is 9.25. The molecule has 0 N–H and O–H groups in total. The van der Waals surface area contributed by atoms with E-state index >= 15 is 0 Å². The van der Waals surface area contributed by atoms with Gasteiger partial charge in [0.2, 0.25) is 0 Å². The fourth-order valence-corrected chi connectivity index (χ4v) is 7.77. The summed E-state index contributed by atoms with van der Waals surface area (Å²) < 4.78 is 0. The maximum absolute atomic E-state index is 2.55. The normalized spacial score (nSPS) is 11.4. The van der Waals surface area contributed by atoms with E-state index in [1.807, 2.05) is 0 Å². The summed E-state index contributed by atoms with van der Waals surface area (Å²) in [7, 11) is 0. The van der Waals surface area contributed by atoms with Gasteiger partial charge in [-0.2, -0.15) is 0 Å². The van der Waals surface area contributed by atoms with Gasteiger partial charge in [-0.1, -0.05) is 217 Å². The molecule has 0 nitrogen and oxygen atoms in total. The first-order valence-corrected chi connectivity index (χ1v) is 22.0. The molecule has 0 heteroatoms. The Bertz CT molecular complexity index is 1150. The van der Waals surface area contributed by atoms with Crippen LogP contribution in [0.15, 0.2) is 60.7 Å². The number of hydrogen-bond acceptors (Lipinski definition) is 0. The first-order valence-electron chi connectivity index (χ1n) is 22.0. The molecule has 0 atom stereocenters. The topological polar surface area (TPSA) is 0 Å². The molecule has 0 heterocycles. The van der Waals surface area contributed by atoms with Crippen molar-refractivity contribution in [2.24, 2.45) is 0 Å². The minimum absolute atomic E-state index is 1.20. The van der Waals surface area contributed by atoms with E-state index in [2.05, 4.69) is 88.4 Å². The van der Waals surface area contributed by atoms with Gasteiger partial charge in [0, 0.05) is 0 Å². The largest absolute Gasteiger partial charge is 0.0654 e. The van der Waals surface area contributed by atoms with Gasteiger partial charge in [-0.05, 0) is 95.9 Å². The molecule has 0 aliphatic carbocycles. The maximum Gasteiger partial charge on any atom is -0.0149 e. The summed E-state index contributed by atoms with van der Waals surface area (Å²) in [5, 5.41) is 0. The third-order valence-electron chi connectivity index (χ3n) is 11.1. The van der Waals surface area contributed by atoms with Crippen molar-refractivity contribution in [2.75, 3.05) is 0 Å². The predicted molar refractivity (Wildman–Crippen MR) is 226 cm³/mol. The second-order valence-electron chi connectivity index (χ2n) is 15.6. The third-order valence-corrected chi connectivity index (χ3v) is 11.1. The van der Waals surface area contributed by atoms with Gasteiger partial charge < -0.3 is 0 Å². The van der Waals surface area contributed by atoms with Crippen LogP contribution in [-0.4, -0.2) is 0 Å². The van der Waals surface area contributed by atoms with Gasteiger partial charge in [0.15, 0.2) is 0 Å². The molecule has 0 saturated carbocycles. The van der Waals surface area contributed by atoms with E-state index in [1.165, 1.54) is 213 Å². The lowest BCUT2D eigenvalue weighted by Gasteiger charge is -2.16. The lowest BCUT2D eigenvalue weighted by molar-refractivity contribution is 0.606. The fourth-order valence-electron chi connectivity index (χ4n) is 7.77. The summed E-state index contributed by atoms with van der Waals surface area (Å²) >= 11 is 0. The Morgan fingerprint density at radius 3 is 0.880 bits per heavy atom. The van der Waals surface area contributed by atoms with Crippen molar-refractivity contribution < 1.29 is 0 Å². The van der Waals surface area contributed by atoms with Crippen molar-refractivity contribution in [3.8, 4) is 22.3 Å². The minimum atomic E-state index is 1.20. The number of benzene rings is 3. The molecular formula is C50H78. The second kappa shape index (κ2) is 27.3. The highest BCUT2D eigenvalue weighted by Crippen LogP contribution is 2.33. The molecule has 0 aromatic heterocycles. The van der Waals surface area contributed by atoms with Crippen molar-refractivity contribution in [1.29, 1.82) is 0 Å². The average Bonchev–Trinajstić information content (AvgIpc) is 3.15. The molecule has 0 saturated heterocycles. The van der Waals surface area contributed by atoms with E-state index in [9.17, 15) is 0 Å². The number of aryl methyl sites for hydroxylation is 4. The second-order valence-corrected chi connectivity index (χ2v) is 15.6. The van der Waals surface area contributed by atoms with E-state index < -0.39 is 0 Å². The van der Waals surface area contributed by atoms with E-state index in [1.54, 1.807) is 11.1 Å². The zero-order chi connectivity index (χ0) is 35.5. The zero-order valence-electron chi connectivity index (χ0n) is 33.6. The summed E-state index contributed by atoms with van der Waals surface area (Å²) in [6, 6.07) is 24.7. The summed E-state index contributed by atoms with van der Waals surface area (Å²) in [4.78, 5) is 0. The van der Waals surface area contributed by atoms with Crippen molar-refractivity contribution in [1.82, 2.24) is 0 Å². The van der Waals surface area contributed by atoms with E-state index in [-0.39, 0.29) is 0 Å². The maximum atomic E-state index is 2.55. The van der Waals surface area contributed by atoms with Crippen molar-refractivity contribution >= 4 is 0 Å². The summed E-state index contributed by atoms with van der Waals surface area (Å²) in [6.07, 6.45) is 37.4. The highest BCUT2D eigenvalue weighted by atomic mass is 14.2. The van der Waals surface area contributed by atoms with E-state index in [0.29, 0.717) is 0 Å². The molecule has 3 aromatic carbocycles. The predicted octanol–water partition coefficient (Wildman–Crippen LogP) is 16.6. The minimum Gasteiger partial charge on any atom is -0.0654 e. The molecule has 0 aliphatic rings. The van der Waals surface area contributed by atoms with Gasteiger partial charge >= 0.3 is 0 Å². The lowest BCUT2D eigenvalue weighted by atomic mass is 9.89. The Hall–Kier alpha value is -2.34. The molecule has 3 aromatic rings. The smallest absolute Gasteiger partial charge is 0.0149 e. The first-order chi connectivity index (χ1) is 24.7. The highest BCUT2D eigenvalue weighted by Gasteiger charge is 2.11. The van der Waals surface area contributed by atoms with Crippen LogP contribution in [0.2, 0.25) is 0 Å². The fraction of sp³-hybridized carbons (Fsp3) is 0.640. The SMILES string of the molecule is CCCCCCCCc1ccc(CCCCCCCC)c(-c2ccc(-c3cc(CCCCCCCC)ccc3CCCCCCCC)cc2)c1. The highest BCUT2D eigenvalue weighted by molar-refractivity contribution is 5.74. The van der Waals surface area contributed by atoms with Crippen LogP contribution in [0.3, 0.4) is 0 Å². The lowest BCUT2D eigenvalue weighted by Crippen LogP contribution is -1.96. The summed E-state index contributed by atoms with van der Waals surface area (Å²) in [5.74, 6) is 0. The Balaban J connectivity index is 1.79. The molecule has 0 spiro atoms. The zero-order valence-corrected chi connectivity index (χ0v) is 33.6. The number of hydrogen-bond donors (Lipinski definition) is 0. The third kappa shape index (κ3) is 16.8. The Morgan fingerprint density at radius 2 is 0.560 bits per heavy atom. The number of rotatable bonds is 30. The molecule has 0 fully saturated rings. The Labute approximate surface area is 311 Å². The van der Waals surface area contributed by atoms with Crippen LogP contribution in [-0.2, 0) is 25.7 Å². The van der Waals surface area contributed by atoms with Crippen LogP contribution >= 0.6 is 0 Å². The van der Waals surface area contributed by atoms with Gasteiger partial charge in [0.05, 0.1) is 0 Å². The molecule has 278 valence electrons.